The van der Waals surface area contributed by atoms with Gasteiger partial charge in [-0.05, 0) is 41.5 Å². The van der Waals surface area contributed by atoms with E-state index in [4.69, 9.17) is 15.2 Å². The Labute approximate surface area is 103 Å². The summed E-state index contributed by atoms with van der Waals surface area (Å²) in [6.07, 6.45) is 0.346. The van der Waals surface area contributed by atoms with Gasteiger partial charge in [0.25, 0.3) is 11.7 Å². The van der Waals surface area contributed by atoms with Gasteiger partial charge in [0.2, 0.25) is 0 Å². The topological polar surface area (TPSA) is 78.6 Å². The average Bonchev–Trinajstić information content (AvgIpc) is 1.96. The second-order valence-electron chi connectivity index (χ2n) is 5.92. The number of hydrogen-bond donors (Lipinski definition) is 1. The molecule has 0 aromatic heterocycles. The number of primary amides is 1. The van der Waals surface area contributed by atoms with Crippen LogP contribution in [0.1, 0.15) is 48.0 Å². The lowest BCUT2D eigenvalue weighted by atomic mass is 10.1. The highest BCUT2D eigenvalue weighted by Gasteiger charge is 2.45. The van der Waals surface area contributed by atoms with Gasteiger partial charge in [-0.25, -0.2) is 0 Å². The van der Waals surface area contributed by atoms with Crippen molar-refractivity contribution < 1.29 is 19.1 Å². The zero-order valence-electron chi connectivity index (χ0n) is 11.5. The van der Waals surface area contributed by atoms with Crippen molar-refractivity contribution in [2.45, 2.75) is 65.0 Å². The minimum Gasteiger partial charge on any atom is -0.365 e. The van der Waals surface area contributed by atoms with Gasteiger partial charge in [-0.15, -0.1) is 0 Å². The van der Waals surface area contributed by atoms with E-state index in [1.807, 2.05) is 0 Å². The Morgan fingerprint density at radius 1 is 1.06 bits per heavy atom. The van der Waals surface area contributed by atoms with Gasteiger partial charge < -0.3 is 20.0 Å². The van der Waals surface area contributed by atoms with Crippen molar-refractivity contribution in [3.8, 4) is 0 Å². The molecule has 2 N–H and O–H groups in total. The molecule has 0 aromatic rings. The van der Waals surface area contributed by atoms with Crippen LogP contribution in [0.4, 0.5) is 0 Å². The second kappa shape index (κ2) is 5.14. The van der Waals surface area contributed by atoms with Crippen LogP contribution in [0.5, 0.6) is 0 Å². The van der Waals surface area contributed by atoms with Gasteiger partial charge in [-0.3, -0.25) is 4.79 Å². The highest BCUT2D eigenvalue weighted by molar-refractivity contribution is 5.84. The third-order valence-corrected chi connectivity index (χ3v) is 1.67. The van der Waals surface area contributed by atoms with Crippen LogP contribution in [-0.2, 0) is 19.1 Å². The van der Waals surface area contributed by atoms with Crippen LogP contribution in [0.25, 0.3) is 0 Å². The van der Waals surface area contributed by atoms with Crippen LogP contribution in [0, 0.1) is 0 Å². The molecule has 0 aromatic carbocycles. The Balaban J connectivity index is 5.28. The molecule has 1 amide bonds. The Bertz CT molecular complexity index is 270. The number of aldehydes is 1. The molecule has 0 fully saturated rings. The molecule has 0 unspecified atom stereocenters. The van der Waals surface area contributed by atoms with E-state index < -0.39 is 22.9 Å². The Kier molecular flexibility index (Phi) is 4.86. The van der Waals surface area contributed by atoms with Crippen molar-refractivity contribution in [3.05, 3.63) is 0 Å². The fourth-order valence-electron chi connectivity index (χ4n) is 1.40. The highest BCUT2D eigenvalue weighted by atomic mass is 16.7. The van der Waals surface area contributed by atoms with Crippen molar-refractivity contribution in [1.82, 2.24) is 0 Å². The lowest BCUT2D eigenvalue weighted by molar-refractivity contribution is -0.291. The quantitative estimate of drug-likeness (QED) is 0.586. The SMILES string of the molecule is CC(C)(C)OC(CC=O)(OC(C)(C)C)C(N)=O. The first-order valence-corrected chi connectivity index (χ1v) is 5.56. The van der Waals surface area contributed by atoms with E-state index >= 15 is 0 Å². The first-order valence-electron chi connectivity index (χ1n) is 5.56. The number of amides is 1. The van der Waals surface area contributed by atoms with Gasteiger partial charge in [0.05, 0.1) is 17.6 Å². The molecule has 5 nitrogen and oxygen atoms in total. The normalized spacial score (nSPS) is 13.5. The summed E-state index contributed by atoms with van der Waals surface area (Å²) in [7, 11) is 0. The molecule has 5 heteroatoms. The largest absolute Gasteiger partial charge is 0.365 e. The van der Waals surface area contributed by atoms with Gasteiger partial charge in [0.1, 0.15) is 6.29 Å². The molecule has 0 aliphatic heterocycles. The summed E-state index contributed by atoms with van der Waals surface area (Å²) in [4.78, 5) is 22.3. The molecular weight excluding hydrogens is 222 g/mol. The third-order valence-electron chi connectivity index (χ3n) is 1.67. The summed E-state index contributed by atoms with van der Waals surface area (Å²) >= 11 is 0. The fourth-order valence-corrected chi connectivity index (χ4v) is 1.40. The minimum absolute atomic E-state index is 0.225. The van der Waals surface area contributed by atoms with Crippen LogP contribution in [0.3, 0.4) is 0 Å². The number of rotatable bonds is 5. The standard InChI is InChI=1S/C12H23NO4/c1-10(2,3)16-12(7-8-14,9(13)15)17-11(4,5)6/h8H,7H2,1-6H3,(H2,13,15). The average molecular weight is 245 g/mol. The molecule has 100 valence electrons. The summed E-state index contributed by atoms with van der Waals surface area (Å²) < 4.78 is 11.2. The van der Waals surface area contributed by atoms with Gasteiger partial charge in [0.15, 0.2) is 0 Å². The van der Waals surface area contributed by atoms with Gasteiger partial charge >= 0.3 is 0 Å². The first-order chi connectivity index (χ1) is 7.42. The Hall–Kier alpha value is -0.940. The maximum Gasteiger partial charge on any atom is 0.278 e. The van der Waals surface area contributed by atoms with Gasteiger partial charge in [-0.1, -0.05) is 0 Å². The third kappa shape index (κ3) is 5.79. The molecule has 0 atom stereocenters. The van der Waals surface area contributed by atoms with Crippen molar-refractivity contribution in [3.63, 3.8) is 0 Å². The predicted molar refractivity (Wildman–Crippen MR) is 64.3 cm³/mol. The van der Waals surface area contributed by atoms with Crippen LogP contribution < -0.4 is 5.73 Å². The summed E-state index contributed by atoms with van der Waals surface area (Å²) in [5, 5.41) is 0. The molecule has 0 aliphatic carbocycles. The van der Waals surface area contributed by atoms with E-state index in [1.165, 1.54) is 0 Å². The molecule has 0 saturated heterocycles. The molecule has 0 spiro atoms. The van der Waals surface area contributed by atoms with Crippen molar-refractivity contribution >= 4 is 12.2 Å². The molecule has 0 rings (SSSR count). The van der Waals surface area contributed by atoms with Gasteiger partial charge in [0, 0.05) is 0 Å². The minimum atomic E-state index is -1.71. The van der Waals surface area contributed by atoms with E-state index in [-0.39, 0.29) is 6.42 Å². The zero-order chi connectivity index (χ0) is 13.9. The number of carbonyl (C=O) groups excluding carboxylic acids is 2. The smallest absolute Gasteiger partial charge is 0.278 e. The second-order valence-corrected chi connectivity index (χ2v) is 5.92. The molecule has 0 radical (unpaired) electrons. The lowest BCUT2D eigenvalue weighted by Gasteiger charge is -2.39. The van der Waals surface area contributed by atoms with E-state index in [2.05, 4.69) is 0 Å². The number of ether oxygens (including phenoxy) is 2. The molecule has 0 saturated carbocycles. The summed E-state index contributed by atoms with van der Waals surface area (Å²) in [6, 6.07) is 0. The Morgan fingerprint density at radius 3 is 1.59 bits per heavy atom. The summed E-state index contributed by atoms with van der Waals surface area (Å²) in [5.41, 5.74) is 4.03. The summed E-state index contributed by atoms with van der Waals surface area (Å²) in [6.45, 7) is 10.6. The van der Waals surface area contributed by atoms with E-state index in [0.29, 0.717) is 6.29 Å². The monoisotopic (exact) mass is 245 g/mol. The molecule has 0 aliphatic rings. The first kappa shape index (κ1) is 16.1. The predicted octanol–water partition coefficient (Wildman–Crippen LogP) is 1.39. The maximum absolute atomic E-state index is 11.6. The summed E-state index contributed by atoms with van der Waals surface area (Å²) in [5.74, 6) is -2.51. The van der Waals surface area contributed by atoms with Crippen molar-refractivity contribution in [2.24, 2.45) is 5.73 Å². The molecule has 0 bridgehead atoms. The Morgan fingerprint density at radius 2 is 1.41 bits per heavy atom. The van der Waals surface area contributed by atoms with Gasteiger partial charge in [-0.2, -0.15) is 0 Å². The fraction of sp³-hybridized carbons (Fsp3) is 0.833. The number of carbonyl (C=O) groups is 2. The van der Waals surface area contributed by atoms with Crippen LogP contribution in [0.15, 0.2) is 0 Å². The lowest BCUT2D eigenvalue weighted by Crippen LogP contribution is -2.55. The number of nitrogens with two attached hydrogens (primary N) is 1. The van der Waals surface area contributed by atoms with E-state index in [1.54, 1.807) is 41.5 Å². The van der Waals surface area contributed by atoms with Crippen LogP contribution in [0.2, 0.25) is 0 Å². The molecule has 17 heavy (non-hydrogen) atoms. The van der Waals surface area contributed by atoms with Crippen LogP contribution in [-0.4, -0.2) is 29.2 Å². The zero-order valence-corrected chi connectivity index (χ0v) is 11.5. The highest BCUT2D eigenvalue weighted by Crippen LogP contribution is 2.29. The van der Waals surface area contributed by atoms with Crippen molar-refractivity contribution in [1.29, 1.82) is 0 Å². The molecular formula is C12H23NO4. The van der Waals surface area contributed by atoms with E-state index in [0.717, 1.165) is 0 Å². The number of hydrogen-bond acceptors (Lipinski definition) is 4. The van der Waals surface area contributed by atoms with Crippen LogP contribution >= 0.6 is 0 Å². The maximum atomic E-state index is 11.6. The van der Waals surface area contributed by atoms with Crippen molar-refractivity contribution in [2.75, 3.05) is 0 Å². The van der Waals surface area contributed by atoms with E-state index in [9.17, 15) is 9.59 Å². The molecule has 0 heterocycles.